The maximum Gasteiger partial charge on any atom is 0.254 e. The summed E-state index contributed by atoms with van der Waals surface area (Å²) in [7, 11) is 1.64. The van der Waals surface area contributed by atoms with Crippen molar-refractivity contribution in [2.24, 2.45) is 5.73 Å². The molecule has 0 radical (unpaired) electrons. The van der Waals surface area contributed by atoms with Gasteiger partial charge in [-0.05, 0) is 67.4 Å². The Morgan fingerprint density at radius 3 is 2.03 bits per heavy atom. The van der Waals surface area contributed by atoms with Crippen LogP contribution in [0.1, 0.15) is 39.1 Å². The molecule has 31 heavy (non-hydrogen) atoms. The second-order valence-electron chi connectivity index (χ2n) is 7.49. The average molecular weight is 416 g/mol. The van der Waals surface area contributed by atoms with Crippen molar-refractivity contribution in [1.82, 2.24) is 4.90 Å². The van der Waals surface area contributed by atoms with E-state index in [1.54, 1.807) is 55.6 Å². The Kier molecular flexibility index (Phi) is 5.89. The van der Waals surface area contributed by atoms with Gasteiger partial charge in [0.15, 0.2) is 0 Å². The van der Waals surface area contributed by atoms with Crippen molar-refractivity contribution in [2.75, 3.05) is 7.11 Å². The Hall–Kier alpha value is -3.80. The zero-order valence-corrected chi connectivity index (χ0v) is 17.3. The third kappa shape index (κ3) is 4.86. The normalized spacial score (nSPS) is 12.8. The van der Waals surface area contributed by atoms with Crippen molar-refractivity contribution in [3.05, 3.63) is 89.5 Å². The molecule has 2 N–H and O–H groups in total. The fourth-order valence-corrected chi connectivity index (χ4v) is 3.42. The molecule has 1 fully saturated rings. The molecule has 0 aromatic heterocycles. The van der Waals surface area contributed by atoms with Gasteiger partial charge in [0, 0.05) is 29.3 Å². The fourth-order valence-electron chi connectivity index (χ4n) is 3.42. The van der Waals surface area contributed by atoms with Crippen molar-refractivity contribution >= 4 is 11.8 Å². The number of nitrogens with two attached hydrogens (primary N) is 1. The number of rotatable bonds is 8. The smallest absolute Gasteiger partial charge is 0.254 e. The molecule has 0 spiro atoms. The molecule has 0 unspecified atom stereocenters. The van der Waals surface area contributed by atoms with E-state index < -0.39 is 5.91 Å². The number of ether oxygens (including phenoxy) is 2. The van der Waals surface area contributed by atoms with Crippen molar-refractivity contribution in [3.8, 4) is 17.2 Å². The molecular weight excluding hydrogens is 392 g/mol. The van der Waals surface area contributed by atoms with Crippen molar-refractivity contribution in [2.45, 2.75) is 25.4 Å². The summed E-state index contributed by atoms with van der Waals surface area (Å²) in [5.74, 6) is 1.48. The molecule has 2 amide bonds. The fraction of sp³-hybridized carbons (Fsp3) is 0.200. The summed E-state index contributed by atoms with van der Waals surface area (Å²) in [4.78, 5) is 26.3. The number of methoxy groups -OCH3 is 1. The van der Waals surface area contributed by atoms with Gasteiger partial charge >= 0.3 is 0 Å². The molecule has 3 aromatic carbocycles. The summed E-state index contributed by atoms with van der Waals surface area (Å²) in [5.41, 5.74) is 7.27. The number of benzene rings is 3. The number of hydrogen-bond donors (Lipinski definition) is 1. The van der Waals surface area contributed by atoms with E-state index in [4.69, 9.17) is 15.2 Å². The molecule has 158 valence electrons. The highest BCUT2D eigenvalue weighted by Gasteiger charge is 2.33. The minimum absolute atomic E-state index is 0.00855. The summed E-state index contributed by atoms with van der Waals surface area (Å²) in [6.45, 7) is 0.512. The van der Waals surface area contributed by atoms with Crippen LogP contribution >= 0.6 is 0 Å². The summed E-state index contributed by atoms with van der Waals surface area (Å²) in [6, 6.07) is 21.7. The number of hydrogen-bond acceptors (Lipinski definition) is 4. The average Bonchev–Trinajstić information content (AvgIpc) is 3.63. The maximum atomic E-state index is 13.2. The molecule has 4 rings (SSSR count). The van der Waals surface area contributed by atoms with E-state index >= 15 is 0 Å². The van der Waals surface area contributed by atoms with E-state index in [2.05, 4.69) is 0 Å². The topological polar surface area (TPSA) is 81.9 Å². The first-order chi connectivity index (χ1) is 15.0. The minimum Gasteiger partial charge on any atom is -0.496 e. The lowest BCUT2D eigenvalue weighted by molar-refractivity contribution is 0.0728. The van der Waals surface area contributed by atoms with E-state index in [1.165, 1.54) is 0 Å². The molecule has 3 aromatic rings. The van der Waals surface area contributed by atoms with Gasteiger partial charge in [0.25, 0.3) is 5.91 Å². The summed E-state index contributed by atoms with van der Waals surface area (Å²) < 4.78 is 11.2. The number of primary amides is 1. The van der Waals surface area contributed by atoms with Crippen LogP contribution < -0.4 is 15.2 Å². The van der Waals surface area contributed by atoms with Crippen LogP contribution in [0.15, 0.2) is 72.8 Å². The lowest BCUT2D eigenvalue weighted by Gasteiger charge is -2.23. The van der Waals surface area contributed by atoms with Gasteiger partial charge in [-0.3, -0.25) is 9.59 Å². The zero-order chi connectivity index (χ0) is 21.8. The summed E-state index contributed by atoms with van der Waals surface area (Å²) >= 11 is 0. The predicted molar refractivity (Wildman–Crippen MR) is 117 cm³/mol. The summed E-state index contributed by atoms with van der Waals surface area (Å²) in [6.07, 6.45) is 2.03. The number of carbonyl (C=O) groups excluding carboxylic acids is 2. The van der Waals surface area contributed by atoms with Crippen LogP contribution in [0.2, 0.25) is 0 Å². The molecule has 1 saturated carbocycles. The highest BCUT2D eigenvalue weighted by atomic mass is 16.5. The number of carbonyl (C=O) groups is 2. The van der Waals surface area contributed by atoms with Gasteiger partial charge in [0.05, 0.1) is 7.11 Å². The molecule has 0 saturated heterocycles. The molecule has 1 aliphatic carbocycles. The first-order valence-corrected chi connectivity index (χ1v) is 10.2. The van der Waals surface area contributed by atoms with Crippen LogP contribution in [0.4, 0.5) is 0 Å². The third-order valence-electron chi connectivity index (χ3n) is 5.26. The Morgan fingerprint density at radius 2 is 1.48 bits per heavy atom. The van der Waals surface area contributed by atoms with Gasteiger partial charge in [-0.2, -0.15) is 0 Å². The Balaban J connectivity index is 1.46. The molecule has 0 heterocycles. The molecule has 0 aliphatic heterocycles. The molecule has 0 bridgehead atoms. The van der Waals surface area contributed by atoms with Gasteiger partial charge in [-0.1, -0.05) is 18.2 Å². The van der Waals surface area contributed by atoms with Crippen molar-refractivity contribution in [3.63, 3.8) is 0 Å². The van der Waals surface area contributed by atoms with E-state index in [9.17, 15) is 9.59 Å². The van der Waals surface area contributed by atoms with Gasteiger partial charge in [-0.25, -0.2) is 0 Å². The zero-order valence-electron chi connectivity index (χ0n) is 17.3. The number of amides is 2. The van der Waals surface area contributed by atoms with Gasteiger partial charge in [0.2, 0.25) is 5.91 Å². The number of para-hydroxylation sites is 1. The second kappa shape index (κ2) is 8.92. The summed E-state index contributed by atoms with van der Waals surface area (Å²) in [5, 5.41) is 0. The third-order valence-corrected chi connectivity index (χ3v) is 5.26. The first-order valence-electron chi connectivity index (χ1n) is 10.2. The van der Waals surface area contributed by atoms with Crippen LogP contribution in [-0.4, -0.2) is 29.9 Å². The van der Waals surface area contributed by atoms with E-state index in [1.807, 2.05) is 29.2 Å². The highest BCUT2D eigenvalue weighted by molar-refractivity contribution is 5.95. The van der Waals surface area contributed by atoms with E-state index in [0.717, 1.165) is 24.2 Å². The van der Waals surface area contributed by atoms with Gasteiger partial charge < -0.3 is 20.1 Å². The molecule has 1 aliphatic rings. The Morgan fingerprint density at radius 1 is 0.903 bits per heavy atom. The van der Waals surface area contributed by atoms with Crippen LogP contribution in [0, 0.1) is 0 Å². The van der Waals surface area contributed by atoms with Gasteiger partial charge in [-0.15, -0.1) is 0 Å². The van der Waals surface area contributed by atoms with Crippen LogP contribution in [0.5, 0.6) is 17.2 Å². The van der Waals surface area contributed by atoms with Crippen molar-refractivity contribution < 1.29 is 19.1 Å². The maximum absolute atomic E-state index is 13.2. The Labute approximate surface area is 181 Å². The lowest BCUT2D eigenvalue weighted by atomic mass is 10.1. The van der Waals surface area contributed by atoms with E-state index in [-0.39, 0.29) is 11.9 Å². The standard InChI is InChI=1S/C25H24N2O4/c1-30-23-5-3-2-4-19(23)16-27(20-10-11-20)25(29)18-8-14-22(15-9-18)31-21-12-6-17(7-13-21)24(26)28/h2-9,12-15,20H,10-11,16H2,1H3,(H2,26,28). The van der Waals surface area contributed by atoms with Crippen molar-refractivity contribution in [1.29, 1.82) is 0 Å². The predicted octanol–water partition coefficient (Wildman–Crippen LogP) is 4.39. The highest BCUT2D eigenvalue weighted by Crippen LogP contribution is 2.32. The van der Waals surface area contributed by atoms with E-state index in [0.29, 0.717) is 29.2 Å². The Bertz CT molecular complexity index is 1070. The second-order valence-corrected chi connectivity index (χ2v) is 7.49. The van der Waals surface area contributed by atoms with Crippen LogP contribution in [0.3, 0.4) is 0 Å². The SMILES string of the molecule is COc1ccccc1CN(C(=O)c1ccc(Oc2ccc(C(N)=O)cc2)cc1)C1CC1. The quantitative estimate of drug-likeness (QED) is 0.590. The van der Waals surface area contributed by atoms with Crippen LogP contribution in [0.25, 0.3) is 0 Å². The largest absolute Gasteiger partial charge is 0.496 e. The minimum atomic E-state index is -0.484. The van der Waals surface area contributed by atoms with Crippen LogP contribution in [-0.2, 0) is 6.54 Å². The lowest BCUT2D eigenvalue weighted by Crippen LogP contribution is -2.32. The van der Waals surface area contributed by atoms with Gasteiger partial charge in [0.1, 0.15) is 17.2 Å². The molecule has 6 nitrogen and oxygen atoms in total. The molecule has 6 heteroatoms. The molecular formula is C25H24N2O4. The first kappa shape index (κ1) is 20.5. The monoisotopic (exact) mass is 416 g/mol. The number of nitrogens with zero attached hydrogens (tertiary/aromatic N) is 1. The molecule has 0 atom stereocenters.